The fourth-order valence-electron chi connectivity index (χ4n) is 1.87. The molecular formula is C15H13Cl2NO3. The minimum absolute atomic E-state index is 0.276. The number of amides is 1. The van der Waals surface area contributed by atoms with Crippen LogP contribution in [-0.2, 0) is 0 Å². The lowest BCUT2D eigenvalue weighted by Gasteiger charge is -2.14. The number of carbonyl (C=O) groups is 1. The number of halogens is 2. The van der Waals surface area contributed by atoms with Crippen LogP contribution < -0.4 is 14.8 Å². The van der Waals surface area contributed by atoms with Crippen molar-refractivity contribution in [2.45, 2.75) is 0 Å². The monoisotopic (exact) mass is 325 g/mol. The summed E-state index contributed by atoms with van der Waals surface area (Å²) in [5.74, 6) is 0.379. The smallest absolute Gasteiger partial charge is 0.263 e. The Morgan fingerprint density at radius 2 is 1.43 bits per heavy atom. The Hall–Kier alpha value is -1.91. The van der Waals surface area contributed by atoms with E-state index < -0.39 is 5.91 Å². The van der Waals surface area contributed by atoms with Crippen molar-refractivity contribution in [3.05, 3.63) is 52.0 Å². The molecule has 0 aliphatic rings. The van der Waals surface area contributed by atoms with Crippen LogP contribution in [0, 0.1) is 0 Å². The molecule has 0 aliphatic carbocycles. The number of rotatable bonds is 4. The zero-order valence-electron chi connectivity index (χ0n) is 11.4. The molecule has 0 fully saturated rings. The van der Waals surface area contributed by atoms with Crippen molar-refractivity contribution < 1.29 is 14.3 Å². The molecule has 2 rings (SSSR count). The standard InChI is InChI=1S/C15H13Cl2NO3/c1-20-11-7-4-8-12(21-2)13(11)15(19)18-14-9(16)5-3-6-10(14)17/h3-8H,1-2H3,(H,18,19). The van der Waals surface area contributed by atoms with Gasteiger partial charge in [0.25, 0.3) is 5.91 Å². The maximum absolute atomic E-state index is 12.5. The zero-order chi connectivity index (χ0) is 15.4. The summed E-state index contributed by atoms with van der Waals surface area (Å²) in [5, 5.41) is 3.38. The fraction of sp³-hybridized carbons (Fsp3) is 0.133. The minimum atomic E-state index is -0.417. The van der Waals surface area contributed by atoms with Gasteiger partial charge in [0.05, 0.1) is 30.0 Å². The Bertz CT molecular complexity index is 631. The highest BCUT2D eigenvalue weighted by atomic mass is 35.5. The molecule has 0 aliphatic heterocycles. The highest BCUT2D eigenvalue weighted by Gasteiger charge is 2.20. The van der Waals surface area contributed by atoms with Gasteiger partial charge in [0.15, 0.2) is 0 Å². The molecule has 0 spiro atoms. The number of carbonyl (C=O) groups excluding carboxylic acids is 1. The van der Waals surface area contributed by atoms with Crippen LogP contribution in [-0.4, -0.2) is 20.1 Å². The first-order valence-electron chi connectivity index (χ1n) is 6.04. The van der Waals surface area contributed by atoms with Crippen molar-refractivity contribution in [2.75, 3.05) is 19.5 Å². The molecule has 0 bridgehead atoms. The van der Waals surface area contributed by atoms with E-state index in [1.54, 1.807) is 36.4 Å². The SMILES string of the molecule is COc1cccc(OC)c1C(=O)Nc1c(Cl)cccc1Cl. The van der Waals surface area contributed by atoms with Crippen LogP contribution in [0.4, 0.5) is 5.69 Å². The van der Waals surface area contributed by atoms with Gasteiger partial charge in [-0.15, -0.1) is 0 Å². The fourth-order valence-corrected chi connectivity index (χ4v) is 2.36. The maximum atomic E-state index is 12.5. The highest BCUT2D eigenvalue weighted by Crippen LogP contribution is 2.33. The third-order valence-electron chi connectivity index (χ3n) is 2.86. The molecule has 1 N–H and O–H groups in total. The number of methoxy groups -OCH3 is 2. The summed E-state index contributed by atoms with van der Waals surface area (Å²) >= 11 is 12.1. The molecule has 21 heavy (non-hydrogen) atoms. The molecule has 2 aromatic rings. The van der Waals surface area contributed by atoms with Gasteiger partial charge in [-0.1, -0.05) is 35.3 Å². The van der Waals surface area contributed by atoms with Crippen LogP contribution in [0.25, 0.3) is 0 Å². The topological polar surface area (TPSA) is 47.6 Å². The average Bonchev–Trinajstić information content (AvgIpc) is 2.49. The number of para-hydroxylation sites is 1. The molecule has 0 heterocycles. The second kappa shape index (κ2) is 6.70. The predicted octanol–water partition coefficient (Wildman–Crippen LogP) is 4.26. The first-order valence-corrected chi connectivity index (χ1v) is 6.80. The number of anilines is 1. The Balaban J connectivity index is 2.41. The van der Waals surface area contributed by atoms with Crippen LogP contribution in [0.2, 0.25) is 10.0 Å². The number of benzene rings is 2. The molecule has 0 aromatic heterocycles. The Morgan fingerprint density at radius 1 is 0.952 bits per heavy atom. The van der Waals surface area contributed by atoms with Crippen LogP contribution in [0.1, 0.15) is 10.4 Å². The summed E-state index contributed by atoms with van der Waals surface area (Å²) in [6, 6.07) is 10.1. The van der Waals surface area contributed by atoms with E-state index in [9.17, 15) is 4.79 Å². The summed E-state index contributed by atoms with van der Waals surface area (Å²) < 4.78 is 10.4. The van der Waals surface area contributed by atoms with Gasteiger partial charge in [-0.25, -0.2) is 0 Å². The van der Waals surface area contributed by atoms with Crippen molar-refractivity contribution in [2.24, 2.45) is 0 Å². The van der Waals surface area contributed by atoms with E-state index in [4.69, 9.17) is 32.7 Å². The lowest BCUT2D eigenvalue weighted by Crippen LogP contribution is -2.15. The van der Waals surface area contributed by atoms with Gasteiger partial charge in [-0.3, -0.25) is 4.79 Å². The Kier molecular flexibility index (Phi) is 4.94. The number of hydrogen-bond donors (Lipinski definition) is 1. The normalized spacial score (nSPS) is 10.1. The second-order valence-corrected chi connectivity index (χ2v) is 4.90. The van der Waals surface area contributed by atoms with Gasteiger partial charge in [0.1, 0.15) is 17.1 Å². The molecule has 2 aromatic carbocycles. The molecule has 1 amide bonds. The lowest BCUT2D eigenvalue weighted by atomic mass is 10.1. The highest BCUT2D eigenvalue weighted by molar-refractivity contribution is 6.40. The molecule has 4 nitrogen and oxygen atoms in total. The van der Waals surface area contributed by atoms with Crippen LogP contribution in [0.5, 0.6) is 11.5 Å². The third kappa shape index (κ3) is 3.23. The third-order valence-corrected chi connectivity index (χ3v) is 3.49. The molecule has 6 heteroatoms. The lowest BCUT2D eigenvalue weighted by molar-refractivity contribution is 0.102. The van der Waals surface area contributed by atoms with Crippen LogP contribution in [0.15, 0.2) is 36.4 Å². The number of ether oxygens (including phenoxy) is 2. The molecule has 0 saturated heterocycles. The van der Waals surface area contributed by atoms with Gasteiger partial charge < -0.3 is 14.8 Å². The predicted molar refractivity (Wildman–Crippen MR) is 84.0 cm³/mol. The maximum Gasteiger partial charge on any atom is 0.263 e. The van der Waals surface area contributed by atoms with E-state index in [0.29, 0.717) is 27.2 Å². The van der Waals surface area contributed by atoms with E-state index in [1.165, 1.54) is 14.2 Å². The summed E-state index contributed by atoms with van der Waals surface area (Å²) in [4.78, 5) is 12.5. The zero-order valence-corrected chi connectivity index (χ0v) is 13.0. The van der Waals surface area contributed by atoms with E-state index >= 15 is 0 Å². The first kappa shape index (κ1) is 15.5. The molecule has 0 unspecified atom stereocenters. The largest absolute Gasteiger partial charge is 0.496 e. The average molecular weight is 326 g/mol. The van der Waals surface area contributed by atoms with Crippen molar-refractivity contribution in [1.82, 2.24) is 0 Å². The van der Waals surface area contributed by atoms with Gasteiger partial charge in [-0.05, 0) is 24.3 Å². The van der Waals surface area contributed by atoms with Crippen molar-refractivity contribution in [3.8, 4) is 11.5 Å². The quantitative estimate of drug-likeness (QED) is 0.913. The molecule has 110 valence electrons. The summed E-state index contributed by atoms with van der Waals surface area (Å²) in [6.45, 7) is 0. The summed E-state index contributed by atoms with van der Waals surface area (Å²) in [6.07, 6.45) is 0. The van der Waals surface area contributed by atoms with Crippen LogP contribution in [0.3, 0.4) is 0 Å². The summed E-state index contributed by atoms with van der Waals surface area (Å²) in [5.41, 5.74) is 0.622. The van der Waals surface area contributed by atoms with Crippen LogP contribution >= 0.6 is 23.2 Å². The first-order chi connectivity index (χ1) is 10.1. The summed E-state index contributed by atoms with van der Waals surface area (Å²) in [7, 11) is 2.96. The Labute approximate surface area is 132 Å². The second-order valence-electron chi connectivity index (χ2n) is 4.09. The van der Waals surface area contributed by atoms with Gasteiger partial charge in [0.2, 0.25) is 0 Å². The molecule has 0 radical (unpaired) electrons. The van der Waals surface area contributed by atoms with E-state index in [2.05, 4.69) is 5.32 Å². The molecular weight excluding hydrogens is 313 g/mol. The van der Waals surface area contributed by atoms with E-state index in [1.807, 2.05) is 0 Å². The van der Waals surface area contributed by atoms with Crippen molar-refractivity contribution in [1.29, 1.82) is 0 Å². The number of nitrogens with one attached hydrogen (secondary N) is 1. The van der Waals surface area contributed by atoms with E-state index in [0.717, 1.165) is 0 Å². The van der Waals surface area contributed by atoms with Gasteiger partial charge >= 0.3 is 0 Å². The van der Waals surface area contributed by atoms with Gasteiger partial charge in [0, 0.05) is 0 Å². The van der Waals surface area contributed by atoms with E-state index in [-0.39, 0.29) is 5.56 Å². The molecule has 0 atom stereocenters. The Morgan fingerprint density at radius 3 is 1.90 bits per heavy atom. The van der Waals surface area contributed by atoms with Crippen molar-refractivity contribution >= 4 is 34.8 Å². The van der Waals surface area contributed by atoms with Gasteiger partial charge in [-0.2, -0.15) is 0 Å². The van der Waals surface area contributed by atoms with Crippen molar-refractivity contribution in [3.63, 3.8) is 0 Å². The molecule has 0 saturated carbocycles. The minimum Gasteiger partial charge on any atom is -0.496 e. The number of hydrogen-bond acceptors (Lipinski definition) is 3.